The van der Waals surface area contributed by atoms with Gasteiger partial charge in [0.2, 0.25) is 0 Å². The van der Waals surface area contributed by atoms with Crippen molar-refractivity contribution in [2.75, 3.05) is 0 Å². The van der Waals surface area contributed by atoms with Crippen LogP contribution >= 0.6 is 7.92 Å². The Bertz CT molecular complexity index is 289. The van der Waals surface area contributed by atoms with Crippen LogP contribution in [0.5, 0.6) is 0 Å². The minimum absolute atomic E-state index is 0.182. The summed E-state index contributed by atoms with van der Waals surface area (Å²) in [4.78, 5) is 0. The molecule has 1 aliphatic heterocycles. The summed E-state index contributed by atoms with van der Waals surface area (Å²) in [6, 6.07) is 0. The second-order valence-corrected chi connectivity index (χ2v) is 12.8. The Kier molecular flexibility index (Phi) is 4.27. The predicted octanol–water partition coefficient (Wildman–Crippen LogP) is 6.86. The minimum Gasteiger partial charge on any atom is -0.0884 e. The van der Waals surface area contributed by atoms with Crippen LogP contribution in [0.15, 0.2) is 0 Å². The van der Waals surface area contributed by atoms with Crippen LogP contribution in [0.1, 0.15) is 104 Å². The van der Waals surface area contributed by atoms with Gasteiger partial charge in [-0.1, -0.05) is 73.6 Å². The van der Waals surface area contributed by atoms with Crippen molar-refractivity contribution in [2.24, 2.45) is 0 Å². The van der Waals surface area contributed by atoms with Gasteiger partial charge in [-0.05, 0) is 54.0 Å². The summed E-state index contributed by atoms with van der Waals surface area (Å²) in [6.07, 6.45) is 20.2. The standard InChI is InChI=1S/C19H35P/c1-17(2,3)20-18(11-6-4-7-12-18)15-10-16-19(20)13-8-5-9-14-19/h4-16H2,1-3H3. The Hall–Kier alpha value is 0.430. The highest BCUT2D eigenvalue weighted by molar-refractivity contribution is 7.62. The van der Waals surface area contributed by atoms with Crippen LogP contribution in [0.3, 0.4) is 0 Å². The molecule has 3 fully saturated rings. The zero-order valence-corrected chi connectivity index (χ0v) is 15.0. The van der Waals surface area contributed by atoms with Crippen LogP contribution in [-0.2, 0) is 0 Å². The van der Waals surface area contributed by atoms with E-state index in [2.05, 4.69) is 20.8 Å². The van der Waals surface area contributed by atoms with Gasteiger partial charge in [-0.2, -0.15) is 0 Å². The van der Waals surface area contributed by atoms with Crippen LogP contribution in [0, 0.1) is 0 Å². The van der Waals surface area contributed by atoms with Crippen molar-refractivity contribution < 1.29 is 0 Å². The number of hydrogen-bond donors (Lipinski definition) is 0. The Labute approximate surface area is 128 Å². The molecule has 1 heteroatoms. The molecule has 0 radical (unpaired) electrons. The molecule has 3 rings (SSSR count). The van der Waals surface area contributed by atoms with Gasteiger partial charge in [0, 0.05) is 0 Å². The molecule has 0 unspecified atom stereocenters. The maximum Gasteiger partial charge on any atom is -0.00847 e. The zero-order chi connectivity index (χ0) is 14.3. The molecule has 1 heterocycles. The van der Waals surface area contributed by atoms with Crippen molar-refractivity contribution in [1.82, 2.24) is 0 Å². The molecule has 3 aliphatic rings. The van der Waals surface area contributed by atoms with Crippen molar-refractivity contribution in [3.8, 4) is 0 Å². The molecule has 0 atom stereocenters. The SMILES string of the molecule is CC(C)(C)P1C2(CCCCC2)CCCC12CCCCC2. The third-order valence-electron chi connectivity index (χ3n) is 6.47. The van der Waals surface area contributed by atoms with Crippen LogP contribution in [0.2, 0.25) is 0 Å². The summed E-state index contributed by atoms with van der Waals surface area (Å²) in [7, 11) is 0.182. The molecule has 1 saturated heterocycles. The molecule has 0 aromatic rings. The van der Waals surface area contributed by atoms with Gasteiger partial charge in [0.25, 0.3) is 0 Å². The summed E-state index contributed by atoms with van der Waals surface area (Å²) in [5.74, 6) is 0. The van der Waals surface area contributed by atoms with Crippen molar-refractivity contribution in [2.45, 2.75) is 120 Å². The minimum atomic E-state index is 0.182. The van der Waals surface area contributed by atoms with E-state index in [0.717, 1.165) is 10.3 Å². The topological polar surface area (TPSA) is 0 Å². The van der Waals surface area contributed by atoms with E-state index in [1.54, 1.807) is 44.9 Å². The molecule has 116 valence electrons. The van der Waals surface area contributed by atoms with Gasteiger partial charge in [-0.15, -0.1) is 0 Å². The average Bonchev–Trinajstić information content (AvgIpc) is 2.38. The number of hydrogen-bond acceptors (Lipinski definition) is 0. The number of rotatable bonds is 0. The van der Waals surface area contributed by atoms with Gasteiger partial charge in [0.05, 0.1) is 0 Å². The largest absolute Gasteiger partial charge is 0.0884 e. The lowest BCUT2D eigenvalue weighted by molar-refractivity contribution is 0.277. The van der Waals surface area contributed by atoms with Crippen LogP contribution in [-0.4, -0.2) is 15.5 Å². The molecule has 2 aliphatic carbocycles. The van der Waals surface area contributed by atoms with Gasteiger partial charge in [-0.3, -0.25) is 0 Å². The quantitative estimate of drug-likeness (QED) is 0.428. The molecule has 0 aromatic heterocycles. The Morgan fingerprint density at radius 3 is 1.25 bits per heavy atom. The fraction of sp³-hybridized carbons (Fsp3) is 1.00. The molecular weight excluding hydrogens is 259 g/mol. The highest BCUT2D eigenvalue weighted by Gasteiger charge is 2.56. The molecule has 0 bridgehead atoms. The van der Waals surface area contributed by atoms with E-state index in [-0.39, 0.29) is 7.92 Å². The maximum absolute atomic E-state index is 2.59. The van der Waals surface area contributed by atoms with Crippen molar-refractivity contribution in [1.29, 1.82) is 0 Å². The Balaban J connectivity index is 1.97. The van der Waals surface area contributed by atoms with Crippen LogP contribution < -0.4 is 0 Å². The lowest BCUT2D eigenvalue weighted by atomic mass is 9.79. The van der Waals surface area contributed by atoms with Crippen LogP contribution in [0.4, 0.5) is 0 Å². The Morgan fingerprint density at radius 1 is 0.550 bits per heavy atom. The monoisotopic (exact) mass is 294 g/mol. The highest BCUT2D eigenvalue weighted by Crippen LogP contribution is 2.78. The van der Waals surface area contributed by atoms with E-state index in [1.807, 2.05) is 0 Å². The van der Waals surface area contributed by atoms with Gasteiger partial charge in [0.1, 0.15) is 0 Å². The lowest BCUT2D eigenvalue weighted by Crippen LogP contribution is -2.49. The molecule has 2 saturated carbocycles. The highest BCUT2D eigenvalue weighted by atomic mass is 31.1. The zero-order valence-electron chi connectivity index (χ0n) is 14.1. The van der Waals surface area contributed by atoms with Gasteiger partial charge < -0.3 is 0 Å². The van der Waals surface area contributed by atoms with Crippen molar-refractivity contribution >= 4 is 7.92 Å². The van der Waals surface area contributed by atoms with E-state index in [4.69, 9.17) is 0 Å². The van der Waals surface area contributed by atoms with E-state index in [9.17, 15) is 0 Å². The molecule has 20 heavy (non-hydrogen) atoms. The first-order chi connectivity index (χ1) is 9.49. The normalized spacial score (nSPS) is 30.8. The summed E-state index contributed by atoms with van der Waals surface area (Å²) >= 11 is 0. The molecular formula is C19H35P. The second kappa shape index (κ2) is 5.57. The van der Waals surface area contributed by atoms with Crippen molar-refractivity contribution in [3.63, 3.8) is 0 Å². The fourth-order valence-corrected chi connectivity index (χ4v) is 12.4. The third-order valence-corrected chi connectivity index (χ3v) is 11.1. The second-order valence-electron chi connectivity index (χ2n) is 8.93. The molecule has 0 amide bonds. The van der Waals surface area contributed by atoms with Crippen LogP contribution in [0.25, 0.3) is 0 Å². The fourth-order valence-electron chi connectivity index (χ4n) is 6.26. The summed E-state index contributed by atoms with van der Waals surface area (Å²) in [5, 5.41) is 2.16. The van der Waals surface area contributed by atoms with Gasteiger partial charge in [-0.25, -0.2) is 0 Å². The molecule has 0 N–H and O–H groups in total. The third kappa shape index (κ3) is 2.60. The first kappa shape index (κ1) is 15.3. The van der Waals surface area contributed by atoms with E-state index >= 15 is 0 Å². The summed E-state index contributed by atoms with van der Waals surface area (Å²) in [6.45, 7) is 7.78. The first-order valence-corrected chi connectivity index (χ1v) is 10.6. The first-order valence-electron chi connectivity index (χ1n) is 9.29. The van der Waals surface area contributed by atoms with E-state index in [0.29, 0.717) is 5.16 Å². The molecule has 0 aromatic carbocycles. The van der Waals surface area contributed by atoms with E-state index < -0.39 is 0 Å². The summed E-state index contributed by atoms with van der Waals surface area (Å²) in [5.41, 5.74) is 0. The molecule has 0 nitrogen and oxygen atoms in total. The smallest absolute Gasteiger partial charge is 0.00847 e. The maximum atomic E-state index is 2.59. The lowest BCUT2D eigenvalue weighted by Gasteiger charge is -2.63. The average molecular weight is 294 g/mol. The van der Waals surface area contributed by atoms with Crippen molar-refractivity contribution in [3.05, 3.63) is 0 Å². The predicted molar refractivity (Wildman–Crippen MR) is 92.2 cm³/mol. The van der Waals surface area contributed by atoms with Gasteiger partial charge >= 0.3 is 0 Å². The van der Waals surface area contributed by atoms with Gasteiger partial charge in [0.15, 0.2) is 0 Å². The summed E-state index contributed by atoms with van der Waals surface area (Å²) < 4.78 is 0. The Morgan fingerprint density at radius 2 is 0.900 bits per heavy atom. The molecule has 2 spiro atoms. The van der Waals surface area contributed by atoms with E-state index in [1.165, 1.54) is 38.5 Å².